The van der Waals surface area contributed by atoms with Crippen molar-refractivity contribution in [3.8, 4) is 28.7 Å². The van der Waals surface area contributed by atoms with E-state index in [4.69, 9.17) is 4.74 Å². The lowest BCUT2D eigenvalue weighted by molar-refractivity contribution is 0.411. The first kappa shape index (κ1) is 23.1. The zero-order valence-corrected chi connectivity index (χ0v) is 20.0. The van der Waals surface area contributed by atoms with Gasteiger partial charge in [0.15, 0.2) is 17.2 Å². The number of anilines is 3. The molecular formula is C29H29NO4. The smallest absolute Gasteiger partial charge is 0.169 e. The molecule has 0 bridgehead atoms. The van der Waals surface area contributed by atoms with Gasteiger partial charge >= 0.3 is 0 Å². The maximum Gasteiger partial charge on any atom is 0.169 e. The van der Waals surface area contributed by atoms with Crippen LogP contribution in [0.4, 0.5) is 17.1 Å². The van der Waals surface area contributed by atoms with Crippen molar-refractivity contribution < 1.29 is 20.1 Å². The molecule has 0 spiro atoms. The highest BCUT2D eigenvalue weighted by Gasteiger charge is 2.26. The normalized spacial score (nSPS) is 10.9. The molecule has 174 valence electrons. The molecular weight excluding hydrogens is 426 g/mol. The van der Waals surface area contributed by atoms with Crippen molar-refractivity contribution in [2.45, 2.75) is 34.6 Å². The van der Waals surface area contributed by atoms with Crippen molar-refractivity contribution >= 4 is 17.1 Å². The Balaban J connectivity index is 1.99. The van der Waals surface area contributed by atoms with E-state index >= 15 is 0 Å². The maximum atomic E-state index is 11.1. The minimum atomic E-state index is 0.0325. The van der Waals surface area contributed by atoms with E-state index in [0.29, 0.717) is 28.6 Å². The van der Waals surface area contributed by atoms with E-state index in [9.17, 15) is 15.3 Å². The molecule has 0 fully saturated rings. The number of phenolic OH excluding ortho intramolecular Hbond substituents is 3. The number of ether oxygens (including phenoxy) is 1. The molecule has 4 aromatic carbocycles. The van der Waals surface area contributed by atoms with Crippen LogP contribution in [-0.2, 0) is 0 Å². The van der Waals surface area contributed by atoms with Crippen molar-refractivity contribution in [2.75, 3.05) is 4.90 Å². The Morgan fingerprint density at radius 1 is 0.559 bits per heavy atom. The molecule has 0 unspecified atom stereocenters. The molecule has 0 radical (unpaired) electrons. The monoisotopic (exact) mass is 455 g/mol. The highest BCUT2D eigenvalue weighted by atomic mass is 16.5. The van der Waals surface area contributed by atoms with Crippen LogP contribution in [0.5, 0.6) is 28.7 Å². The van der Waals surface area contributed by atoms with Crippen molar-refractivity contribution in [2.24, 2.45) is 0 Å². The first-order valence-corrected chi connectivity index (χ1v) is 11.1. The summed E-state index contributed by atoms with van der Waals surface area (Å²) in [6, 6.07) is 19.9. The molecule has 34 heavy (non-hydrogen) atoms. The summed E-state index contributed by atoms with van der Waals surface area (Å²) >= 11 is 0. The van der Waals surface area contributed by atoms with Gasteiger partial charge in [-0.1, -0.05) is 30.3 Å². The summed E-state index contributed by atoms with van der Waals surface area (Å²) in [7, 11) is 0. The van der Waals surface area contributed by atoms with Crippen molar-refractivity contribution in [3.63, 3.8) is 0 Å². The highest BCUT2D eigenvalue weighted by molar-refractivity contribution is 5.88. The number of hydrogen-bond acceptors (Lipinski definition) is 5. The summed E-state index contributed by atoms with van der Waals surface area (Å²) in [5.74, 6) is 0.980. The van der Waals surface area contributed by atoms with E-state index in [-0.39, 0.29) is 17.2 Å². The Bertz CT molecular complexity index is 1270. The number of aromatic hydroxyl groups is 3. The average molecular weight is 456 g/mol. The molecule has 3 N–H and O–H groups in total. The third kappa shape index (κ3) is 4.37. The van der Waals surface area contributed by atoms with Gasteiger partial charge in [0, 0.05) is 0 Å². The maximum absolute atomic E-state index is 11.1. The van der Waals surface area contributed by atoms with Gasteiger partial charge in [-0.2, -0.15) is 0 Å². The quantitative estimate of drug-likeness (QED) is 0.289. The SMILES string of the molecule is Cc1ccc(Oc2ccccc2N(c2c(C)cc(C)cc2O)c2c(C)cc(C)cc2O)c(O)c1. The summed E-state index contributed by atoms with van der Waals surface area (Å²) in [5, 5.41) is 32.5. The summed E-state index contributed by atoms with van der Waals surface area (Å²) in [6.07, 6.45) is 0. The van der Waals surface area contributed by atoms with Crippen molar-refractivity contribution in [1.82, 2.24) is 0 Å². The number of benzene rings is 4. The number of rotatable bonds is 5. The molecule has 5 nitrogen and oxygen atoms in total. The van der Waals surface area contributed by atoms with Crippen LogP contribution >= 0.6 is 0 Å². The van der Waals surface area contributed by atoms with Crippen LogP contribution in [0.15, 0.2) is 66.7 Å². The summed E-state index contributed by atoms with van der Waals surface area (Å²) < 4.78 is 6.17. The van der Waals surface area contributed by atoms with E-state index in [2.05, 4.69) is 0 Å². The Morgan fingerprint density at radius 2 is 1.09 bits per heavy atom. The van der Waals surface area contributed by atoms with Crippen LogP contribution < -0.4 is 9.64 Å². The standard InChI is InChI=1S/C29H29NO4/c1-17-10-11-27(23(31)14-17)34-26-9-7-6-8-22(26)30(28-20(4)12-18(2)15-24(28)32)29-21(5)13-19(3)16-25(29)33/h6-16,31-33H,1-5H3. The molecule has 0 atom stereocenters. The van der Waals surface area contributed by atoms with Crippen LogP contribution in [0.3, 0.4) is 0 Å². The molecule has 0 heterocycles. The minimum Gasteiger partial charge on any atom is -0.506 e. The molecule has 0 aromatic heterocycles. The van der Waals surface area contributed by atoms with Crippen LogP contribution in [-0.4, -0.2) is 15.3 Å². The molecule has 0 aliphatic rings. The summed E-state index contributed by atoms with van der Waals surface area (Å²) in [5.41, 5.74) is 6.13. The lowest BCUT2D eigenvalue weighted by Gasteiger charge is -2.31. The third-order valence-corrected chi connectivity index (χ3v) is 5.74. The van der Waals surface area contributed by atoms with E-state index < -0.39 is 0 Å². The van der Waals surface area contributed by atoms with Crippen molar-refractivity contribution in [1.29, 1.82) is 0 Å². The Morgan fingerprint density at radius 3 is 1.62 bits per heavy atom. The zero-order valence-electron chi connectivity index (χ0n) is 20.0. The van der Waals surface area contributed by atoms with Gasteiger partial charge in [0.05, 0.1) is 17.1 Å². The fraction of sp³-hybridized carbons (Fsp3) is 0.172. The van der Waals surface area contributed by atoms with Gasteiger partial charge in [-0.15, -0.1) is 0 Å². The van der Waals surface area contributed by atoms with Gasteiger partial charge in [-0.05, 0) is 98.8 Å². The van der Waals surface area contributed by atoms with Crippen LogP contribution in [0.2, 0.25) is 0 Å². The fourth-order valence-corrected chi connectivity index (χ4v) is 4.37. The number of aryl methyl sites for hydroxylation is 5. The number of para-hydroxylation sites is 2. The number of nitrogens with zero attached hydrogens (tertiary/aromatic N) is 1. The zero-order chi connectivity index (χ0) is 24.6. The van der Waals surface area contributed by atoms with E-state index in [1.165, 1.54) is 0 Å². The Hall–Kier alpha value is -4.12. The second-order valence-electron chi connectivity index (χ2n) is 8.78. The second-order valence-corrected chi connectivity index (χ2v) is 8.78. The predicted molar refractivity (Wildman–Crippen MR) is 136 cm³/mol. The van der Waals surface area contributed by atoms with Gasteiger partial charge in [0.1, 0.15) is 11.5 Å². The van der Waals surface area contributed by atoms with Gasteiger partial charge in [0.2, 0.25) is 0 Å². The first-order valence-electron chi connectivity index (χ1n) is 11.1. The second kappa shape index (κ2) is 9.02. The Labute approximate surface area is 200 Å². The first-order chi connectivity index (χ1) is 16.2. The van der Waals surface area contributed by atoms with Gasteiger partial charge in [-0.3, -0.25) is 4.90 Å². The van der Waals surface area contributed by atoms with E-state index in [0.717, 1.165) is 27.8 Å². The minimum absolute atomic E-state index is 0.0325. The lowest BCUT2D eigenvalue weighted by atomic mass is 10.0. The molecule has 0 aliphatic heterocycles. The van der Waals surface area contributed by atoms with E-state index in [1.807, 2.05) is 75.9 Å². The van der Waals surface area contributed by atoms with Gasteiger partial charge in [-0.25, -0.2) is 0 Å². The number of hydrogen-bond donors (Lipinski definition) is 3. The molecule has 5 heteroatoms. The molecule has 4 aromatic rings. The molecule has 0 aliphatic carbocycles. The van der Waals surface area contributed by atoms with Gasteiger partial charge in [0.25, 0.3) is 0 Å². The molecule has 4 rings (SSSR count). The van der Waals surface area contributed by atoms with Crippen LogP contribution in [0.1, 0.15) is 27.8 Å². The average Bonchev–Trinajstić information content (AvgIpc) is 2.74. The van der Waals surface area contributed by atoms with Crippen LogP contribution in [0, 0.1) is 34.6 Å². The van der Waals surface area contributed by atoms with Gasteiger partial charge < -0.3 is 20.1 Å². The summed E-state index contributed by atoms with van der Waals surface area (Å²) in [6.45, 7) is 9.58. The summed E-state index contributed by atoms with van der Waals surface area (Å²) in [4.78, 5) is 1.81. The molecule has 0 saturated carbocycles. The highest BCUT2D eigenvalue weighted by Crippen LogP contribution is 2.50. The largest absolute Gasteiger partial charge is 0.506 e. The molecule has 0 saturated heterocycles. The Kier molecular flexibility index (Phi) is 6.12. The third-order valence-electron chi connectivity index (χ3n) is 5.74. The topological polar surface area (TPSA) is 73.2 Å². The van der Waals surface area contributed by atoms with Crippen LogP contribution in [0.25, 0.3) is 0 Å². The van der Waals surface area contributed by atoms with E-state index in [1.54, 1.807) is 30.3 Å². The fourth-order valence-electron chi connectivity index (χ4n) is 4.37. The predicted octanol–water partition coefficient (Wildman–Crippen LogP) is 7.61. The lowest BCUT2D eigenvalue weighted by Crippen LogP contribution is -2.14. The van der Waals surface area contributed by atoms with Crippen molar-refractivity contribution in [3.05, 3.63) is 94.5 Å². The number of phenols is 3. The molecule has 0 amide bonds.